The van der Waals surface area contributed by atoms with Crippen LogP contribution < -0.4 is 9.81 Å². The summed E-state index contributed by atoms with van der Waals surface area (Å²) in [5.74, 6) is 0. The second-order valence-corrected chi connectivity index (χ2v) is 32.9. The van der Waals surface area contributed by atoms with E-state index in [9.17, 15) is 0 Å². The van der Waals surface area contributed by atoms with Crippen LogP contribution in [0.15, 0.2) is 149 Å². The van der Waals surface area contributed by atoms with Gasteiger partial charge in [-0.05, 0) is 0 Å². The van der Waals surface area contributed by atoms with Crippen LogP contribution in [0.1, 0.15) is 121 Å². The fourth-order valence-corrected chi connectivity index (χ4v) is 26.7. The Morgan fingerprint density at radius 3 is 1.53 bits per heavy atom. The van der Waals surface area contributed by atoms with Gasteiger partial charge in [0, 0.05) is 0 Å². The fourth-order valence-electron chi connectivity index (χ4n) is 10.6. The van der Waals surface area contributed by atoms with Crippen LogP contribution in [0, 0.1) is 0 Å². The number of fused-ring (bicyclic) bond motifs is 3. The van der Waals surface area contributed by atoms with Gasteiger partial charge in [0.1, 0.15) is 0 Å². The van der Waals surface area contributed by atoms with Gasteiger partial charge in [-0.15, -0.1) is 24.8 Å². The average molecular weight is 939 g/mol. The first kappa shape index (κ1) is 47.6. The Hall–Kier alpha value is -3.87. The van der Waals surface area contributed by atoms with Crippen molar-refractivity contribution < 1.29 is 18.3 Å². The average Bonchev–Trinajstić information content (AvgIpc) is 3.93. The molecule has 6 aromatic rings. The number of unbranched alkanes of at least 4 members (excludes halogenated alkanes) is 2. The van der Waals surface area contributed by atoms with Gasteiger partial charge >= 0.3 is 366 Å². The van der Waals surface area contributed by atoms with Gasteiger partial charge in [-0.2, -0.15) is 0 Å². The topological polar surface area (TPSA) is 0 Å². The monoisotopic (exact) mass is 936 g/mol. The standard InChI is InChI=1S/C33H33.2C10H13.C5H5.CH2.2ClH.Zr/c1-32(2,3)30-20-26-24(18-28(30)22-13-9-7-10-14-22)17-25-19-29(23-15-11-8-12-16-23)31(21-27(25)26)33(4,5)6;2*1-2-3-7-10-8-5-4-6-9-10;1-2-4-5-3-1;;;;/h7-16,18,20-21H,17H2,1-6H3;2*5-6,8-9H,2-3,7H2,1H3;1-3H,4H2;1H2;2*1H;. The Balaban J connectivity index is 0.00000321. The first-order chi connectivity index (χ1) is 28.8. The van der Waals surface area contributed by atoms with Gasteiger partial charge < -0.3 is 0 Å². The van der Waals surface area contributed by atoms with Gasteiger partial charge in [-0.25, -0.2) is 0 Å². The maximum atomic E-state index is 6.05. The first-order valence-corrected chi connectivity index (χ1v) is 29.5. The molecular formula is C59H68Cl2Zr. The molecule has 0 aromatic heterocycles. The van der Waals surface area contributed by atoms with Crippen molar-refractivity contribution in [1.82, 2.24) is 0 Å². The second kappa shape index (κ2) is 18.7. The maximum absolute atomic E-state index is 6.05. The van der Waals surface area contributed by atoms with Crippen molar-refractivity contribution in [3.05, 3.63) is 182 Å². The molecule has 0 bridgehead atoms. The van der Waals surface area contributed by atoms with E-state index in [2.05, 4.69) is 201 Å². The molecule has 6 aromatic carbocycles. The molecule has 0 aliphatic heterocycles. The molecule has 0 atom stereocenters. The number of hydrogen-bond acceptors (Lipinski definition) is 0. The van der Waals surface area contributed by atoms with E-state index in [1.807, 2.05) is 0 Å². The minimum atomic E-state index is -5.23. The quantitative estimate of drug-likeness (QED) is 0.115. The third-order valence-electron chi connectivity index (χ3n) is 14.0. The Labute approximate surface area is 387 Å². The zero-order valence-electron chi connectivity index (χ0n) is 38.5. The third-order valence-corrected chi connectivity index (χ3v) is 30.3. The Kier molecular flexibility index (Phi) is 14.4. The van der Waals surface area contributed by atoms with Crippen LogP contribution in [0.3, 0.4) is 0 Å². The summed E-state index contributed by atoms with van der Waals surface area (Å²) in [5.41, 5.74) is 16.5. The molecule has 0 saturated carbocycles. The summed E-state index contributed by atoms with van der Waals surface area (Å²) in [4.78, 5) is 0. The van der Waals surface area contributed by atoms with Crippen LogP contribution in [0.4, 0.5) is 0 Å². The van der Waals surface area contributed by atoms with Crippen LogP contribution in [0.2, 0.25) is 0 Å². The van der Waals surface area contributed by atoms with E-state index >= 15 is 0 Å². The molecule has 2 aliphatic rings. The number of benzene rings is 6. The molecular weight excluding hydrogens is 871 g/mol. The predicted octanol–water partition coefficient (Wildman–Crippen LogP) is 15.0. The van der Waals surface area contributed by atoms with Crippen molar-refractivity contribution >= 4 is 38.8 Å². The summed E-state index contributed by atoms with van der Waals surface area (Å²) in [6.07, 6.45) is 16.0. The van der Waals surface area contributed by atoms with Crippen molar-refractivity contribution in [2.75, 3.05) is 0 Å². The molecule has 0 N–H and O–H groups in total. The van der Waals surface area contributed by atoms with Gasteiger partial charge in [0.25, 0.3) is 0 Å². The van der Waals surface area contributed by atoms with E-state index in [0.717, 1.165) is 25.7 Å². The number of allylic oxidation sites excluding steroid dienone is 4. The van der Waals surface area contributed by atoms with E-state index in [1.165, 1.54) is 106 Å². The van der Waals surface area contributed by atoms with E-state index in [0.29, 0.717) is 0 Å². The van der Waals surface area contributed by atoms with Crippen LogP contribution in [0.25, 0.3) is 33.4 Å². The molecule has 0 saturated heterocycles. The van der Waals surface area contributed by atoms with Crippen LogP contribution >= 0.6 is 24.8 Å². The molecule has 0 unspecified atom stereocenters. The van der Waals surface area contributed by atoms with Crippen LogP contribution in [-0.2, 0) is 48.4 Å². The van der Waals surface area contributed by atoms with Crippen molar-refractivity contribution in [3.63, 3.8) is 0 Å². The van der Waals surface area contributed by atoms with Crippen LogP contribution in [-0.4, -0.2) is 4.21 Å². The SMILES string of the molecule is Cl.Cl.[CH2]=[Zr]([C]1=CC=CC1)([c]1ccc(CCCC)cc1)([c]1ccc(CCCC)cc1)[c]1c2c(cc(C(C)(C)C)c1-c1ccccc1)-c1cc(C(C)(C)C)c(-c3ccccc3)cc1C2. The van der Waals surface area contributed by atoms with Crippen molar-refractivity contribution in [2.24, 2.45) is 0 Å². The van der Waals surface area contributed by atoms with E-state index in [1.54, 1.807) is 0 Å². The molecule has 2 aliphatic carbocycles. The Morgan fingerprint density at radius 1 is 0.565 bits per heavy atom. The fraction of sp³-hybridized carbons (Fsp3) is 0.305. The molecule has 0 heterocycles. The van der Waals surface area contributed by atoms with Gasteiger partial charge in [-0.1, -0.05) is 0 Å². The number of rotatable bonds is 12. The molecule has 8 rings (SSSR count). The molecule has 0 amide bonds. The van der Waals surface area contributed by atoms with E-state index in [4.69, 9.17) is 4.21 Å². The predicted molar refractivity (Wildman–Crippen MR) is 275 cm³/mol. The van der Waals surface area contributed by atoms with Crippen LogP contribution in [0.5, 0.6) is 0 Å². The van der Waals surface area contributed by atoms with Gasteiger partial charge in [-0.3, -0.25) is 0 Å². The Bertz CT molecular complexity index is 2590. The molecule has 62 heavy (non-hydrogen) atoms. The summed E-state index contributed by atoms with van der Waals surface area (Å²) < 4.78 is 12.0. The summed E-state index contributed by atoms with van der Waals surface area (Å²) in [6, 6.07) is 50.2. The van der Waals surface area contributed by atoms with Gasteiger partial charge in [0.2, 0.25) is 0 Å². The van der Waals surface area contributed by atoms with Crippen molar-refractivity contribution in [3.8, 4) is 33.4 Å². The normalized spacial score (nSPS) is 13.5. The summed E-state index contributed by atoms with van der Waals surface area (Å²) in [7, 11) is 0. The van der Waals surface area contributed by atoms with Crippen molar-refractivity contribution in [1.29, 1.82) is 0 Å². The summed E-state index contributed by atoms with van der Waals surface area (Å²) in [5, 5.41) is 0. The summed E-state index contributed by atoms with van der Waals surface area (Å²) in [6.45, 7) is 19.0. The number of aryl methyl sites for hydroxylation is 2. The molecule has 0 nitrogen and oxygen atoms in total. The molecule has 0 radical (unpaired) electrons. The zero-order chi connectivity index (χ0) is 42.3. The van der Waals surface area contributed by atoms with Crippen molar-refractivity contribution in [2.45, 2.75) is 118 Å². The van der Waals surface area contributed by atoms with Gasteiger partial charge in [0.15, 0.2) is 0 Å². The zero-order valence-corrected chi connectivity index (χ0v) is 42.6. The van der Waals surface area contributed by atoms with E-state index in [-0.39, 0.29) is 35.6 Å². The molecule has 322 valence electrons. The Morgan fingerprint density at radius 2 is 1.06 bits per heavy atom. The summed E-state index contributed by atoms with van der Waals surface area (Å²) >= 11 is -5.23. The number of hydrogen-bond donors (Lipinski definition) is 0. The van der Waals surface area contributed by atoms with E-state index < -0.39 is 18.3 Å². The molecule has 0 spiro atoms. The first-order valence-electron chi connectivity index (χ1n) is 22.8. The second-order valence-electron chi connectivity index (χ2n) is 20.0. The van der Waals surface area contributed by atoms with Gasteiger partial charge in [0.05, 0.1) is 0 Å². The third kappa shape index (κ3) is 8.33. The number of halogens is 2. The minimum absolute atomic E-state index is 0. The molecule has 3 heteroatoms. The molecule has 0 fully saturated rings.